The van der Waals surface area contributed by atoms with Gasteiger partial charge in [-0.3, -0.25) is 0 Å². The molecule has 5 aromatic rings. The summed E-state index contributed by atoms with van der Waals surface area (Å²) in [5.41, 5.74) is 0.297. The van der Waals surface area contributed by atoms with Crippen molar-refractivity contribution in [3.8, 4) is 0 Å². The van der Waals surface area contributed by atoms with Crippen molar-refractivity contribution < 1.29 is 49.9 Å². The van der Waals surface area contributed by atoms with Crippen LogP contribution in [0, 0.1) is 3.63 Å². The van der Waals surface area contributed by atoms with Gasteiger partial charge in [0, 0.05) is 0 Å². The molecule has 0 amide bonds. The molecule has 55 heavy (non-hydrogen) atoms. The molecule has 1 heterocycles. The second-order valence-electron chi connectivity index (χ2n) is 15.1. The molecule has 0 aliphatic carbocycles. The molecule has 0 aliphatic heterocycles. The molecule has 2 N–H and O–H groups in total. The van der Waals surface area contributed by atoms with Crippen molar-refractivity contribution in [3.05, 3.63) is 123 Å². The van der Waals surface area contributed by atoms with Crippen molar-refractivity contribution in [1.82, 2.24) is 9.97 Å². The average molecular weight is 953 g/mol. The Balaban J connectivity index is 1.96. The van der Waals surface area contributed by atoms with Gasteiger partial charge in [-0.25, -0.2) is 0 Å². The minimum absolute atomic E-state index is 0.0143. The van der Waals surface area contributed by atoms with Gasteiger partial charge in [0.05, 0.1) is 0 Å². The second-order valence-corrected chi connectivity index (χ2v) is 31.1. The number of nitrogens with one attached hydrogen (secondary N) is 2. The van der Waals surface area contributed by atoms with Crippen LogP contribution in [0.5, 0.6) is 0 Å². The number of hydrogen-bond donors (Lipinski definition) is 2. The summed E-state index contributed by atoms with van der Waals surface area (Å²) in [6.07, 6.45) is 1.49. The standard InChI is InChI=1S/C15H15O2.2C12H17.C3H4N2.2CF3.Au/c1-2-3-10-17-15(16)14-9-8-12-6-4-5-7-13(12)11-14;2*1-9(2)11-6-5-7-12(8-11)10(3)4;1-2-5-3-4-1;2*2-1(3)4;/h4-9,11H,1-3,10H2;2*5-7,9-10H,1-4H3;1-2,4-5H;;;. The summed E-state index contributed by atoms with van der Waals surface area (Å²) in [5, 5.41) is 1.70. The molecule has 0 spiro atoms. The monoisotopic (exact) mass is 952 g/mol. The fourth-order valence-electron chi connectivity index (χ4n) is 7.48. The van der Waals surface area contributed by atoms with Crippen LogP contribution in [0.3, 0.4) is 0 Å². The first-order valence-electron chi connectivity index (χ1n) is 18.5. The number of carbonyl (C=O) groups excluding carboxylic acids is 1. The number of H-pyrrole nitrogens is 2. The van der Waals surface area contributed by atoms with E-state index in [0.717, 1.165) is 23.2 Å². The summed E-state index contributed by atoms with van der Waals surface area (Å²) >= 11 is -9.57. The van der Waals surface area contributed by atoms with Crippen LogP contribution in [0.25, 0.3) is 10.8 Å². The van der Waals surface area contributed by atoms with E-state index in [1.807, 2.05) is 24.3 Å². The number of halogens is 6. The molecular formula is C44H53AuF6N2O2. The Bertz CT molecular complexity index is 2170. The van der Waals surface area contributed by atoms with E-state index in [9.17, 15) is 4.79 Å². The van der Waals surface area contributed by atoms with Crippen LogP contribution in [0.15, 0.2) is 91.3 Å². The van der Waals surface area contributed by atoms with Crippen LogP contribution in [0.4, 0.5) is 26.3 Å². The van der Waals surface area contributed by atoms with Crippen LogP contribution in [0.2, 0.25) is 4.64 Å². The average Bonchev–Trinajstić information content (AvgIpc) is 3.68. The zero-order valence-corrected chi connectivity index (χ0v) is 34.9. The Hall–Kier alpha value is -3.86. The van der Waals surface area contributed by atoms with E-state index in [4.69, 9.17) is 4.74 Å². The molecule has 4 nitrogen and oxygen atoms in total. The number of ether oxygens (including phenoxy) is 1. The number of carbonyl (C=O) groups is 1. The molecule has 0 radical (unpaired) electrons. The number of aromatic nitrogens is 2. The minimum atomic E-state index is -9.57. The van der Waals surface area contributed by atoms with E-state index < -0.39 is 74.7 Å². The van der Waals surface area contributed by atoms with Gasteiger partial charge in [0.1, 0.15) is 0 Å². The van der Waals surface area contributed by atoms with Crippen molar-refractivity contribution in [2.75, 3.05) is 6.61 Å². The van der Waals surface area contributed by atoms with Gasteiger partial charge in [0.25, 0.3) is 0 Å². The molecule has 0 atom stereocenters. The number of rotatable bonds is 12. The number of fused-ring (bicyclic) bond motifs is 1. The van der Waals surface area contributed by atoms with Crippen molar-refractivity contribution in [1.29, 1.82) is 0 Å². The van der Waals surface area contributed by atoms with Gasteiger partial charge < -0.3 is 0 Å². The van der Waals surface area contributed by atoms with Crippen molar-refractivity contribution in [2.24, 2.45) is 0 Å². The normalized spacial score (nSPS) is 14.2. The van der Waals surface area contributed by atoms with Crippen LogP contribution >= 0.6 is 0 Å². The van der Waals surface area contributed by atoms with Crippen LogP contribution < -0.4 is 7.56 Å². The van der Waals surface area contributed by atoms with Gasteiger partial charge in [-0.05, 0) is 0 Å². The summed E-state index contributed by atoms with van der Waals surface area (Å²) in [4.78, 5) is 18.5. The third kappa shape index (κ3) is 5.75. The first-order chi connectivity index (χ1) is 25.7. The SMILES string of the molecule is CC(C)c1cccc(C(C)C)[c]1[Au]([CH2]CCCOC(=O)c1ccc2ccccc2c1)([c]1c(C(C)C)cccc1C(C)C)(=[c]1[nH]cc[nH]1)([C](F)(F)F)[C](F)(F)F. The van der Waals surface area contributed by atoms with E-state index in [-0.39, 0.29) is 40.8 Å². The Labute approximate surface area is 317 Å². The molecule has 0 saturated heterocycles. The number of benzene rings is 4. The Morgan fingerprint density at radius 1 is 0.600 bits per heavy atom. The molecule has 4 aromatic carbocycles. The Morgan fingerprint density at radius 2 is 1.04 bits per heavy atom. The van der Waals surface area contributed by atoms with Crippen molar-refractivity contribution in [3.63, 3.8) is 0 Å². The number of aromatic amines is 2. The molecule has 0 aliphatic rings. The summed E-state index contributed by atoms with van der Waals surface area (Å²) < 4.78 is 98.9. The Morgan fingerprint density at radius 3 is 1.45 bits per heavy atom. The molecule has 11 heteroatoms. The van der Waals surface area contributed by atoms with E-state index >= 15 is 26.3 Å². The Kier molecular flexibility index (Phi) is 11.5. The van der Waals surface area contributed by atoms with E-state index in [0.29, 0.717) is 0 Å². The van der Waals surface area contributed by atoms with Gasteiger partial charge in [-0.15, -0.1) is 0 Å². The predicted molar refractivity (Wildman–Crippen MR) is 207 cm³/mol. The summed E-state index contributed by atoms with van der Waals surface area (Å²) in [6, 6.07) is 21.4. The third-order valence-corrected chi connectivity index (χ3v) is 32.3. The molecule has 0 unspecified atom stereocenters. The number of alkyl halides is 6. The van der Waals surface area contributed by atoms with Crippen LogP contribution in [-0.4, -0.2) is 31.3 Å². The van der Waals surface area contributed by atoms with Gasteiger partial charge >= 0.3 is 319 Å². The van der Waals surface area contributed by atoms with Gasteiger partial charge in [0.2, 0.25) is 0 Å². The first-order valence-corrected chi connectivity index (χ1v) is 25.5. The van der Waals surface area contributed by atoms with E-state index in [1.54, 1.807) is 85.7 Å². The summed E-state index contributed by atoms with van der Waals surface area (Å²) in [6.45, 7) is 12.9. The maximum atomic E-state index is 18.1. The fourth-order valence-corrected chi connectivity index (χ4v) is 30.9. The summed E-state index contributed by atoms with van der Waals surface area (Å²) in [7, 11) is 0. The first kappa shape index (κ1) is 42.3. The number of esters is 1. The predicted octanol–water partition coefficient (Wildman–Crippen LogP) is 12.5. The topological polar surface area (TPSA) is 57.9 Å². The fraction of sp³-hybridized carbons (Fsp3) is 0.409. The zero-order valence-electron chi connectivity index (χ0n) is 32.7. The van der Waals surface area contributed by atoms with Gasteiger partial charge in [-0.2, -0.15) is 0 Å². The summed E-state index contributed by atoms with van der Waals surface area (Å²) in [5.74, 6) is -3.53. The van der Waals surface area contributed by atoms with Crippen LogP contribution in [-0.2, 0) is 18.8 Å². The molecule has 304 valence electrons. The molecule has 5 rings (SSSR count). The van der Waals surface area contributed by atoms with Crippen molar-refractivity contribution in [2.45, 2.75) is 105 Å². The molecule has 0 saturated carbocycles. The number of imidazole rings is 1. The third-order valence-electron chi connectivity index (χ3n) is 10.2. The van der Waals surface area contributed by atoms with Gasteiger partial charge in [0.15, 0.2) is 0 Å². The zero-order chi connectivity index (χ0) is 40.6. The van der Waals surface area contributed by atoms with Crippen LogP contribution in [0.1, 0.15) is 125 Å². The van der Waals surface area contributed by atoms with E-state index in [1.165, 1.54) is 24.3 Å². The number of hydrogen-bond acceptors (Lipinski definition) is 2. The van der Waals surface area contributed by atoms with E-state index in [2.05, 4.69) is 9.97 Å². The number of unbranched alkanes of at least 4 members (excludes halogenated alkanes) is 1. The van der Waals surface area contributed by atoms with Gasteiger partial charge in [-0.1, -0.05) is 0 Å². The maximum absolute atomic E-state index is 18.1. The molecule has 0 bridgehead atoms. The second kappa shape index (κ2) is 14.9. The molecule has 0 fully saturated rings. The molecule has 1 aromatic heterocycles. The molecular weight excluding hydrogens is 899 g/mol. The van der Waals surface area contributed by atoms with Crippen molar-refractivity contribution >= 4 is 24.3 Å². The quantitative estimate of drug-likeness (QED) is 0.0567.